The number of hydrogen-bond donors (Lipinski definition) is 1. The highest BCUT2D eigenvalue weighted by Crippen LogP contribution is 2.17. The van der Waals surface area contributed by atoms with Crippen molar-refractivity contribution in [3.8, 4) is 0 Å². The van der Waals surface area contributed by atoms with Crippen molar-refractivity contribution in [3.05, 3.63) is 69.1 Å². The molecular formula is C20H21N3O2. The first-order valence-corrected chi connectivity index (χ1v) is 8.29. The average Bonchev–Trinajstić information content (AvgIpc) is 2.60. The van der Waals surface area contributed by atoms with Crippen LogP contribution < -0.4 is 10.9 Å². The van der Waals surface area contributed by atoms with Crippen LogP contribution in [0.4, 0.5) is 5.69 Å². The quantitative estimate of drug-likeness (QED) is 0.798. The van der Waals surface area contributed by atoms with Crippen LogP contribution in [0.2, 0.25) is 0 Å². The van der Waals surface area contributed by atoms with Gasteiger partial charge in [-0.15, -0.1) is 0 Å². The van der Waals surface area contributed by atoms with Gasteiger partial charge in [0.15, 0.2) is 5.69 Å². The minimum Gasteiger partial charge on any atom is -0.320 e. The molecule has 0 atom stereocenters. The maximum absolute atomic E-state index is 12.6. The lowest BCUT2D eigenvalue weighted by Crippen LogP contribution is -2.29. The molecule has 0 saturated carbocycles. The van der Waals surface area contributed by atoms with Crippen LogP contribution in [-0.4, -0.2) is 15.5 Å². The van der Waals surface area contributed by atoms with Gasteiger partial charge in [-0.05, 0) is 61.2 Å². The Morgan fingerprint density at radius 3 is 2.40 bits per heavy atom. The van der Waals surface area contributed by atoms with Crippen LogP contribution in [0.5, 0.6) is 0 Å². The van der Waals surface area contributed by atoms with E-state index < -0.39 is 11.5 Å². The SMILES string of the molecule is CCc1ccc(NC(=O)c2nc3cc(C)c(C)cc3n(C)c2=O)cc1. The summed E-state index contributed by atoms with van der Waals surface area (Å²) < 4.78 is 1.48. The fourth-order valence-electron chi connectivity index (χ4n) is 2.74. The Kier molecular flexibility index (Phi) is 4.40. The van der Waals surface area contributed by atoms with E-state index in [1.807, 2.05) is 50.2 Å². The van der Waals surface area contributed by atoms with Gasteiger partial charge in [-0.2, -0.15) is 0 Å². The summed E-state index contributed by atoms with van der Waals surface area (Å²) in [7, 11) is 1.66. The molecule has 3 aromatic rings. The topological polar surface area (TPSA) is 64.0 Å². The lowest BCUT2D eigenvalue weighted by atomic mass is 10.1. The van der Waals surface area contributed by atoms with E-state index in [0.717, 1.165) is 23.1 Å². The monoisotopic (exact) mass is 335 g/mol. The Hall–Kier alpha value is -2.95. The molecule has 128 valence electrons. The zero-order valence-corrected chi connectivity index (χ0v) is 14.9. The van der Waals surface area contributed by atoms with Gasteiger partial charge in [0, 0.05) is 12.7 Å². The molecule has 25 heavy (non-hydrogen) atoms. The molecule has 0 spiro atoms. The number of benzene rings is 2. The van der Waals surface area contributed by atoms with Gasteiger partial charge in [0.05, 0.1) is 11.0 Å². The molecule has 0 unspecified atom stereocenters. The van der Waals surface area contributed by atoms with Crippen molar-refractivity contribution in [3.63, 3.8) is 0 Å². The Bertz CT molecular complexity index is 1020. The smallest absolute Gasteiger partial charge is 0.282 e. The minimum absolute atomic E-state index is 0.0992. The summed E-state index contributed by atoms with van der Waals surface area (Å²) in [6.07, 6.45) is 0.930. The van der Waals surface area contributed by atoms with Crippen LogP contribution in [0, 0.1) is 13.8 Å². The van der Waals surface area contributed by atoms with Crippen LogP contribution >= 0.6 is 0 Å². The normalized spacial score (nSPS) is 10.9. The van der Waals surface area contributed by atoms with Crippen molar-refractivity contribution >= 4 is 22.6 Å². The van der Waals surface area contributed by atoms with Crippen molar-refractivity contribution in [2.24, 2.45) is 7.05 Å². The van der Waals surface area contributed by atoms with Crippen LogP contribution in [0.25, 0.3) is 11.0 Å². The third-order valence-corrected chi connectivity index (χ3v) is 4.53. The first-order chi connectivity index (χ1) is 11.9. The second-order valence-electron chi connectivity index (χ2n) is 6.25. The summed E-state index contributed by atoms with van der Waals surface area (Å²) in [4.78, 5) is 29.4. The Labute approximate surface area is 146 Å². The van der Waals surface area contributed by atoms with E-state index in [1.54, 1.807) is 7.05 Å². The number of amides is 1. The lowest BCUT2D eigenvalue weighted by molar-refractivity contribution is 0.102. The molecule has 0 aliphatic heterocycles. The van der Waals surface area contributed by atoms with E-state index in [-0.39, 0.29) is 5.69 Å². The van der Waals surface area contributed by atoms with Crippen LogP contribution in [-0.2, 0) is 13.5 Å². The van der Waals surface area contributed by atoms with Gasteiger partial charge in [0.1, 0.15) is 0 Å². The first-order valence-electron chi connectivity index (χ1n) is 8.29. The van der Waals surface area contributed by atoms with Crippen LogP contribution in [0.1, 0.15) is 34.1 Å². The summed E-state index contributed by atoms with van der Waals surface area (Å²) >= 11 is 0. The predicted molar refractivity (Wildman–Crippen MR) is 100 cm³/mol. The summed E-state index contributed by atoms with van der Waals surface area (Å²) in [6.45, 7) is 6.04. The number of aromatic nitrogens is 2. The standard InChI is InChI=1S/C20H21N3O2/c1-5-14-6-8-15(9-7-14)21-19(24)18-20(25)23(4)17-11-13(3)12(2)10-16(17)22-18/h6-11H,5H2,1-4H3,(H,21,24). The Morgan fingerprint density at radius 1 is 1.12 bits per heavy atom. The number of hydrogen-bond acceptors (Lipinski definition) is 3. The molecule has 0 bridgehead atoms. The van der Waals surface area contributed by atoms with Gasteiger partial charge >= 0.3 is 0 Å². The molecule has 1 amide bonds. The number of carbonyl (C=O) groups excluding carboxylic acids is 1. The van der Waals surface area contributed by atoms with E-state index >= 15 is 0 Å². The van der Waals surface area contributed by atoms with Crippen molar-refractivity contribution < 1.29 is 4.79 Å². The van der Waals surface area contributed by atoms with Gasteiger partial charge in [-0.25, -0.2) is 4.98 Å². The summed E-state index contributed by atoms with van der Waals surface area (Å²) in [6, 6.07) is 11.4. The molecule has 0 saturated heterocycles. The van der Waals surface area contributed by atoms with Crippen molar-refractivity contribution in [2.75, 3.05) is 5.32 Å². The highest BCUT2D eigenvalue weighted by atomic mass is 16.2. The molecular weight excluding hydrogens is 314 g/mol. The summed E-state index contributed by atoms with van der Waals surface area (Å²) in [5.74, 6) is -0.495. The zero-order chi connectivity index (χ0) is 18.1. The van der Waals surface area contributed by atoms with Gasteiger partial charge in [0.25, 0.3) is 11.5 Å². The first kappa shape index (κ1) is 16.9. The van der Waals surface area contributed by atoms with E-state index in [4.69, 9.17) is 0 Å². The molecule has 0 aliphatic carbocycles. The van der Waals surface area contributed by atoms with Gasteiger partial charge < -0.3 is 9.88 Å². The van der Waals surface area contributed by atoms with Crippen molar-refractivity contribution in [1.82, 2.24) is 9.55 Å². The van der Waals surface area contributed by atoms with Gasteiger partial charge in [-0.3, -0.25) is 9.59 Å². The van der Waals surface area contributed by atoms with Gasteiger partial charge in [0.2, 0.25) is 0 Å². The van der Waals surface area contributed by atoms with E-state index in [1.165, 1.54) is 10.1 Å². The molecule has 1 N–H and O–H groups in total. The zero-order valence-electron chi connectivity index (χ0n) is 14.9. The molecule has 1 heterocycles. The number of rotatable bonds is 3. The number of nitrogens with zero attached hydrogens (tertiary/aromatic N) is 2. The molecule has 5 heteroatoms. The molecule has 3 rings (SSSR count). The van der Waals surface area contributed by atoms with E-state index in [9.17, 15) is 9.59 Å². The molecule has 5 nitrogen and oxygen atoms in total. The number of carbonyl (C=O) groups is 1. The Balaban J connectivity index is 2.02. The fourth-order valence-corrected chi connectivity index (χ4v) is 2.74. The molecule has 0 fully saturated rings. The maximum Gasteiger partial charge on any atom is 0.282 e. The maximum atomic E-state index is 12.6. The van der Waals surface area contributed by atoms with Crippen LogP contribution in [0.3, 0.4) is 0 Å². The number of nitrogens with one attached hydrogen (secondary N) is 1. The largest absolute Gasteiger partial charge is 0.320 e. The third-order valence-electron chi connectivity index (χ3n) is 4.53. The number of anilines is 1. The fraction of sp³-hybridized carbons (Fsp3) is 0.250. The minimum atomic E-state index is -0.495. The highest BCUT2D eigenvalue weighted by Gasteiger charge is 2.17. The average molecular weight is 335 g/mol. The van der Waals surface area contributed by atoms with E-state index in [2.05, 4.69) is 17.2 Å². The predicted octanol–water partition coefficient (Wildman–Crippen LogP) is 3.37. The second kappa shape index (κ2) is 6.51. The van der Waals surface area contributed by atoms with Crippen LogP contribution in [0.15, 0.2) is 41.2 Å². The second-order valence-corrected chi connectivity index (χ2v) is 6.25. The summed E-state index contributed by atoms with van der Waals surface area (Å²) in [5.41, 5.74) is 4.83. The lowest BCUT2D eigenvalue weighted by Gasteiger charge is -2.11. The molecule has 2 aromatic carbocycles. The van der Waals surface area contributed by atoms with Crippen molar-refractivity contribution in [2.45, 2.75) is 27.2 Å². The van der Waals surface area contributed by atoms with Gasteiger partial charge in [-0.1, -0.05) is 19.1 Å². The molecule has 1 aromatic heterocycles. The summed E-state index contributed by atoms with van der Waals surface area (Å²) in [5, 5.41) is 2.75. The Morgan fingerprint density at radius 2 is 1.76 bits per heavy atom. The molecule has 0 aliphatic rings. The van der Waals surface area contributed by atoms with Crippen molar-refractivity contribution in [1.29, 1.82) is 0 Å². The number of aryl methyl sites for hydroxylation is 4. The van der Waals surface area contributed by atoms with E-state index in [0.29, 0.717) is 11.2 Å². The third kappa shape index (κ3) is 3.18. The highest BCUT2D eigenvalue weighted by molar-refractivity contribution is 6.03. The molecule has 0 radical (unpaired) electrons. The number of fused-ring (bicyclic) bond motifs is 1.